The summed E-state index contributed by atoms with van der Waals surface area (Å²) in [7, 11) is 3.18. The molecule has 4 nitrogen and oxygen atoms in total. The van der Waals surface area contributed by atoms with Crippen LogP contribution < -0.4 is 9.47 Å². The minimum atomic E-state index is 0.0675. The van der Waals surface area contributed by atoms with Gasteiger partial charge in [-0.3, -0.25) is 4.79 Å². The van der Waals surface area contributed by atoms with Crippen molar-refractivity contribution >= 4 is 5.91 Å². The third-order valence-electron chi connectivity index (χ3n) is 3.78. The maximum absolute atomic E-state index is 12.5. The molecule has 0 atom stereocenters. The number of rotatable bonds is 6. The minimum absolute atomic E-state index is 0.0675. The predicted octanol–water partition coefficient (Wildman–Crippen LogP) is 2.51. The molecule has 1 aliphatic rings. The van der Waals surface area contributed by atoms with E-state index in [0.29, 0.717) is 11.5 Å². The van der Waals surface area contributed by atoms with Gasteiger partial charge < -0.3 is 14.4 Å². The molecule has 2 rings (SSSR count). The van der Waals surface area contributed by atoms with E-state index < -0.39 is 0 Å². The van der Waals surface area contributed by atoms with Gasteiger partial charge in [0.1, 0.15) is 0 Å². The number of methoxy groups -OCH3 is 2. The van der Waals surface area contributed by atoms with Gasteiger partial charge in [0.05, 0.1) is 14.2 Å². The third-order valence-corrected chi connectivity index (χ3v) is 3.78. The number of carbonyl (C=O) groups is 1. The van der Waals surface area contributed by atoms with Gasteiger partial charge >= 0.3 is 0 Å². The molecule has 1 aliphatic heterocycles. The number of terminal acetylenes is 1. The Morgan fingerprint density at radius 2 is 1.95 bits per heavy atom. The fourth-order valence-electron chi connectivity index (χ4n) is 2.60. The molecule has 1 amide bonds. The van der Waals surface area contributed by atoms with E-state index in [9.17, 15) is 4.79 Å². The standard InChI is InChI=1S/C17H21NO3/c1-4-5-6-7-9-18-10-8-13-11-15(20-2)16(21-3)12-14(13)17(18)19/h1,11-12H,5-10H2,2-3H3. The Labute approximate surface area is 126 Å². The van der Waals surface area contributed by atoms with Crippen LogP contribution in [0.1, 0.15) is 35.2 Å². The number of carbonyl (C=O) groups excluding carboxylic acids is 1. The van der Waals surface area contributed by atoms with Gasteiger partial charge in [0.25, 0.3) is 5.91 Å². The first-order valence-corrected chi connectivity index (χ1v) is 7.19. The van der Waals surface area contributed by atoms with Crippen LogP contribution in [-0.4, -0.2) is 38.1 Å². The molecule has 0 N–H and O–H groups in total. The Balaban J connectivity index is 2.13. The number of unbranched alkanes of at least 4 members (excludes halogenated alkanes) is 2. The lowest BCUT2D eigenvalue weighted by Crippen LogP contribution is -2.38. The molecular weight excluding hydrogens is 266 g/mol. The van der Waals surface area contributed by atoms with Crippen molar-refractivity contribution in [2.75, 3.05) is 27.3 Å². The largest absolute Gasteiger partial charge is 0.493 e. The van der Waals surface area contributed by atoms with E-state index in [0.717, 1.165) is 49.9 Å². The van der Waals surface area contributed by atoms with Crippen molar-refractivity contribution in [3.05, 3.63) is 23.3 Å². The molecule has 112 valence electrons. The van der Waals surface area contributed by atoms with Crippen LogP contribution >= 0.6 is 0 Å². The van der Waals surface area contributed by atoms with E-state index in [1.54, 1.807) is 20.3 Å². The first kappa shape index (κ1) is 15.2. The Bertz CT molecular complexity index is 560. The average molecular weight is 287 g/mol. The smallest absolute Gasteiger partial charge is 0.254 e. The Hall–Kier alpha value is -2.15. The molecule has 4 heteroatoms. The molecule has 0 saturated carbocycles. The summed E-state index contributed by atoms with van der Waals surface area (Å²) in [6.45, 7) is 1.51. The molecule has 1 aromatic carbocycles. The van der Waals surface area contributed by atoms with Crippen LogP contribution in [0, 0.1) is 12.3 Å². The Kier molecular flexibility index (Phi) is 5.10. The van der Waals surface area contributed by atoms with E-state index in [1.807, 2.05) is 11.0 Å². The molecule has 21 heavy (non-hydrogen) atoms. The SMILES string of the molecule is C#CCCCCN1CCc2cc(OC)c(OC)cc2C1=O. The maximum Gasteiger partial charge on any atom is 0.254 e. The predicted molar refractivity (Wildman–Crippen MR) is 81.8 cm³/mol. The molecule has 0 aromatic heterocycles. The van der Waals surface area contributed by atoms with Crippen molar-refractivity contribution in [2.45, 2.75) is 25.7 Å². The normalized spacial score (nSPS) is 13.6. The van der Waals surface area contributed by atoms with Crippen LogP contribution in [0.4, 0.5) is 0 Å². The summed E-state index contributed by atoms with van der Waals surface area (Å²) < 4.78 is 10.6. The Morgan fingerprint density at radius 1 is 1.24 bits per heavy atom. The highest BCUT2D eigenvalue weighted by Gasteiger charge is 2.25. The van der Waals surface area contributed by atoms with Crippen molar-refractivity contribution in [3.63, 3.8) is 0 Å². The van der Waals surface area contributed by atoms with Crippen LogP contribution in [0.5, 0.6) is 11.5 Å². The van der Waals surface area contributed by atoms with E-state index in [1.165, 1.54) is 0 Å². The molecule has 0 spiro atoms. The van der Waals surface area contributed by atoms with Gasteiger partial charge in [-0.1, -0.05) is 0 Å². The highest BCUT2D eigenvalue weighted by atomic mass is 16.5. The Morgan fingerprint density at radius 3 is 2.62 bits per heavy atom. The van der Waals surface area contributed by atoms with Crippen molar-refractivity contribution in [1.29, 1.82) is 0 Å². The highest BCUT2D eigenvalue weighted by molar-refractivity contribution is 5.97. The second-order valence-electron chi connectivity index (χ2n) is 5.07. The minimum Gasteiger partial charge on any atom is -0.493 e. The number of hydrogen-bond donors (Lipinski definition) is 0. The van der Waals surface area contributed by atoms with E-state index >= 15 is 0 Å². The van der Waals surface area contributed by atoms with Gasteiger partial charge in [0.15, 0.2) is 11.5 Å². The van der Waals surface area contributed by atoms with Gasteiger partial charge in [-0.05, 0) is 37.0 Å². The second-order valence-corrected chi connectivity index (χ2v) is 5.07. The summed E-state index contributed by atoms with van der Waals surface area (Å²) in [6, 6.07) is 3.69. The zero-order chi connectivity index (χ0) is 15.2. The molecule has 1 heterocycles. The molecule has 0 unspecified atom stereocenters. The number of hydrogen-bond acceptors (Lipinski definition) is 3. The van der Waals surface area contributed by atoms with Crippen LogP contribution in [0.25, 0.3) is 0 Å². The molecular formula is C17H21NO3. The lowest BCUT2D eigenvalue weighted by molar-refractivity contribution is 0.0736. The van der Waals surface area contributed by atoms with Crippen molar-refractivity contribution < 1.29 is 14.3 Å². The monoisotopic (exact) mass is 287 g/mol. The number of benzene rings is 1. The van der Waals surface area contributed by atoms with E-state index in [4.69, 9.17) is 15.9 Å². The van der Waals surface area contributed by atoms with Gasteiger partial charge in [-0.25, -0.2) is 0 Å². The quantitative estimate of drug-likeness (QED) is 0.596. The van der Waals surface area contributed by atoms with Crippen LogP contribution in [0.2, 0.25) is 0 Å². The number of nitrogens with zero attached hydrogens (tertiary/aromatic N) is 1. The fraction of sp³-hybridized carbons (Fsp3) is 0.471. The van der Waals surface area contributed by atoms with Gasteiger partial charge in [0.2, 0.25) is 0 Å². The van der Waals surface area contributed by atoms with Gasteiger partial charge in [0, 0.05) is 25.1 Å². The first-order valence-electron chi connectivity index (χ1n) is 7.19. The van der Waals surface area contributed by atoms with Crippen LogP contribution in [0.3, 0.4) is 0 Å². The average Bonchev–Trinajstić information content (AvgIpc) is 2.52. The lowest BCUT2D eigenvalue weighted by Gasteiger charge is -2.29. The summed E-state index contributed by atoms with van der Waals surface area (Å²) >= 11 is 0. The van der Waals surface area contributed by atoms with Gasteiger partial charge in [-0.15, -0.1) is 12.3 Å². The van der Waals surface area contributed by atoms with Crippen LogP contribution in [0.15, 0.2) is 12.1 Å². The lowest BCUT2D eigenvalue weighted by atomic mass is 9.97. The zero-order valence-electron chi connectivity index (χ0n) is 12.6. The highest BCUT2D eigenvalue weighted by Crippen LogP contribution is 2.33. The van der Waals surface area contributed by atoms with E-state index in [2.05, 4.69) is 5.92 Å². The summed E-state index contributed by atoms with van der Waals surface area (Å²) in [6.07, 6.45) is 8.75. The topological polar surface area (TPSA) is 38.8 Å². The summed E-state index contributed by atoms with van der Waals surface area (Å²) in [4.78, 5) is 14.4. The summed E-state index contributed by atoms with van der Waals surface area (Å²) in [5, 5.41) is 0. The van der Waals surface area contributed by atoms with Crippen molar-refractivity contribution in [2.24, 2.45) is 0 Å². The maximum atomic E-state index is 12.5. The van der Waals surface area contributed by atoms with Gasteiger partial charge in [-0.2, -0.15) is 0 Å². The number of amides is 1. The summed E-state index contributed by atoms with van der Waals surface area (Å²) in [5.41, 5.74) is 1.74. The molecule has 0 saturated heterocycles. The fourth-order valence-corrected chi connectivity index (χ4v) is 2.60. The van der Waals surface area contributed by atoms with Crippen molar-refractivity contribution in [1.82, 2.24) is 4.90 Å². The van der Waals surface area contributed by atoms with E-state index in [-0.39, 0.29) is 5.91 Å². The zero-order valence-corrected chi connectivity index (χ0v) is 12.6. The molecule has 0 radical (unpaired) electrons. The molecule has 0 bridgehead atoms. The summed E-state index contributed by atoms with van der Waals surface area (Å²) in [5.74, 6) is 3.96. The third kappa shape index (κ3) is 3.30. The first-order chi connectivity index (χ1) is 10.2. The second kappa shape index (κ2) is 7.03. The van der Waals surface area contributed by atoms with Crippen molar-refractivity contribution in [3.8, 4) is 23.8 Å². The molecule has 0 fully saturated rings. The molecule has 0 aliphatic carbocycles. The number of ether oxygens (including phenoxy) is 2. The number of fused-ring (bicyclic) bond motifs is 1. The molecule has 1 aromatic rings. The van der Waals surface area contributed by atoms with Crippen LogP contribution in [-0.2, 0) is 6.42 Å².